The average Bonchev–Trinajstić information content (AvgIpc) is 2.97. The molecule has 0 unspecified atom stereocenters. The molecule has 0 radical (unpaired) electrons. The van der Waals surface area contributed by atoms with Crippen LogP contribution in [-0.4, -0.2) is 20.7 Å². The minimum absolute atomic E-state index is 0.0468. The number of anilines is 1. The van der Waals surface area contributed by atoms with E-state index in [9.17, 15) is 4.79 Å². The van der Waals surface area contributed by atoms with Crippen molar-refractivity contribution in [2.45, 2.75) is 33.4 Å². The molecule has 1 amide bonds. The van der Waals surface area contributed by atoms with Crippen LogP contribution in [0, 0.1) is 13.8 Å². The van der Waals surface area contributed by atoms with Crippen LogP contribution in [0.5, 0.6) is 0 Å². The summed E-state index contributed by atoms with van der Waals surface area (Å²) in [6.07, 6.45) is 2.13. The number of benzene rings is 1. The molecular weight excluding hydrogens is 392 g/mol. The quantitative estimate of drug-likeness (QED) is 0.606. The van der Waals surface area contributed by atoms with Crippen molar-refractivity contribution in [3.8, 4) is 0 Å². The number of pyridine rings is 1. The second-order valence-electron chi connectivity index (χ2n) is 6.18. The van der Waals surface area contributed by atoms with E-state index in [1.54, 1.807) is 11.1 Å². The molecule has 0 bridgehead atoms. The van der Waals surface area contributed by atoms with E-state index in [2.05, 4.69) is 26.0 Å². The summed E-state index contributed by atoms with van der Waals surface area (Å²) in [5.74, 6) is 0.0468. The molecule has 2 heterocycles. The van der Waals surface area contributed by atoms with Gasteiger partial charge in [-0.2, -0.15) is 5.10 Å². The Balaban J connectivity index is 1.78. The van der Waals surface area contributed by atoms with Crippen molar-refractivity contribution in [2.24, 2.45) is 0 Å². The van der Waals surface area contributed by atoms with Crippen molar-refractivity contribution in [1.82, 2.24) is 14.8 Å². The molecule has 26 heavy (non-hydrogen) atoms. The third kappa shape index (κ3) is 4.58. The number of aromatic nitrogens is 3. The molecule has 6 heteroatoms. The van der Waals surface area contributed by atoms with Gasteiger partial charge in [-0.15, -0.1) is 0 Å². The number of carbonyl (C=O) groups is 1. The second kappa shape index (κ2) is 8.27. The zero-order chi connectivity index (χ0) is 18.5. The first-order chi connectivity index (χ1) is 12.5. The monoisotopic (exact) mass is 412 g/mol. The molecule has 0 saturated carbocycles. The van der Waals surface area contributed by atoms with Crippen molar-refractivity contribution >= 4 is 27.5 Å². The number of hydrogen-bond donors (Lipinski definition) is 0. The van der Waals surface area contributed by atoms with E-state index in [1.807, 2.05) is 67.1 Å². The predicted molar refractivity (Wildman–Crippen MR) is 106 cm³/mol. The number of hydrogen-bond acceptors (Lipinski definition) is 3. The summed E-state index contributed by atoms with van der Waals surface area (Å²) in [4.78, 5) is 19.1. The van der Waals surface area contributed by atoms with E-state index < -0.39 is 0 Å². The molecular formula is C20H21BrN4O. The Morgan fingerprint density at radius 3 is 2.54 bits per heavy atom. The number of carbonyl (C=O) groups excluding carboxylic acids is 1. The van der Waals surface area contributed by atoms with Crippen LogP contribution in [0.25, 0.3) is 0 Å². The van der Waals surface area contributed by atoms with Crippen molar-refractivity contribution in [2.75, 3.05) is 4.90 Å². The first kappa shape index (κ1) is 18.3. The average molecular weight is 413 g/mol. The summed E-state index contributed by atoms with van der Waals surface area (Å²) in [6, 6.07) is 15.5. The van der Waals surface area contributed by atoms with Crippen LogP contribution in [0.4, 0.5) is 5.69 Å². The van der Waals surface area contributed by atoms with Crippen molar-refractivity contribution in [3.63, 3.8) is 0 Å². The van der Waals surface area contributed by atoms with Gasteiger partial charge in [0.2, 0.25) is 5.91 Å². The summed E-state index contributed by atoms with van der Waals surface area (Å²) in [6.45, 7) is 4.97. The standard InChI is InChI=1S/C20H21BrN4O/c1-15-13-16(2)25(23-15)12-10-20(26)24(14-18-5-3-4-11-22-18)19-8-6-17(21)7-9-19/h3-9,11,13H,10,12,14H2,1-2H3. The van der Waals surface area contributed by atoms with E-state index in [-0.39, 0.29) is 5.91 Å². The number of aryl methyl sites for hydroxylation is 3. The SMILES string of the molecule is Cc1cc(C)n(CCC(=O)N(Cc2ccccn2)c2ccc(Br)cc2)n1. The lowest BCUT2D eigenvalue weighted by atomic mass is 10.2. The van der Waals surface area contributed by atoms with E-state index in [1.165, 1.54) is 0 Å². The van der Waals surface area contributed by atoms with E-state index in [0.29, 0.717) is 19.5 Å². The van der Waals surface area contributed by atoms with Gasteiger partial charge in [0.15, 0.2) is 0 Å². The van der Waals surface area contributed by atoms with Crippen molar-refractivity contribution < 1.29 is 4.79 Å². The van der Waals surface area contributed by atoms with Crippen LogP contribution in [0.15, 0.2) is 59.2 Å². The topological polar surface area (TPSA) is 51.0 Å². The van der Waals surface area contributed by atoms with Gasteiger partial charge in [0.25, 0.3) is 0 Å². The molecule has 0 atom stereocenters. The molecule has 0 fully saturated rings. The highest BCUT2D eigenvalue weighted by Gasteiger charge is 2.17. The van der Waals surface area contributed by atoms with Gasteiger partial charge < -0.3 is 4.90 Å². The Hall–Kier alpha value is -2.47. The maximum Gasteiger partial charge on any atom is 0.229 e. The van der Waals surface area contributed by atoms with Gasteiger partial charge in [-0.05, 0) is 56.3 Å². The highest BCUT2D eigenvalue weighted by atomic mass is 79.9. The normalized spacial score (nSPS) is 10.7. The van der Waals surface area contributed by atoms with Crippen LogP contribution in [-0.2, 0) is 17.9 Å². The van der Waals surface area contributed by atoms with E-state index >= 15 is 0 Å². The molecule has 5 nitrogen and oxygen atoms in total. The van der Waals surface area contributed by atoms with Gasteiger partial charge in [0, 0.05) is 35.0 Å². The number of halogens is 1. The molecule has 0 saturated heterocycles. The Morgan fingerprint density at radius 2 is 1.92 bits per heavy atom. The Kier molecular flexibility index (Phi) is 5.83. The van der Waals surface area contributed by atoms with Gasteiger partial charge in [0.1, 0.15) is 0 Å². The lowest BCUT2D eigenvalue weighted by molar-refractivity contribution is -0.119. The van der Waals surface area contributed by atoms with Gasteiger partial charge in [-0.25, -0.2) is 0 Å². The zero-order valence-corrected chi connectivity index (χ0v) is 16.5. The molecule has 3 rings (SSSR count). The van der Waals surface area contributed by atoms with Gasteiger partial charge >= 0.3 is 0 Å². The van der Waals surface area contributed by atoms with E-state index in [0.717, 1.165) is 27.2 Å². The third-order valence-electron chi connectivity index (χ3n) is 4.13. The first-order valence-corrected chi connectivity index (χ1v) is 9.29. The Bertz CT molecular complexity index is 875. The fraction of sp³-hybridized carbons (Fsp3) is 0.250. The summed E-state index contributed by atoms with van der Waals surface area (Å²) >= 11 is 3.44. The lowest BCUT2D eigenvalue weighted by Crippen LogP contribution is -2.31. The summed E-state index contributed by atoms with van der Waals surface area (Å²) < 4.78 is 2.86. The van der Waals surface area contributed by atoms with Gasteiger partial charge in [0.05, 0.1) is 17.9 Å². The van der Waals surface area contributed by atoms with Crippen LogP contribution >= 0.6 is 15.9 Å². The molecule has 0 spiro atoms. The molecule has 1 aromatic carbocycles. The lowest BCUT2D eigenvalue weighted by Gasteiger charge is -2.23. The molecule has 3 aromatic rings. The Labute approximate surface area is 161 Å². The highest BCUT2D eigenvalue weighted by Crippen LogP contribution is 2.21. The third-order valence-corrected chi connectivity index (χ3v) is 4.66. The molecule has 0 aliphatic rings. The maximum atomic E-state index is 13.0. The molecule has 0 aliphatic carbocycles. The Morgan fingerprint density at radius 1 is 1.15 bits per heavy atom. The number of rotatable bonds is 6. The number of amides is 1. The summed E-state index contributed by atoms with van der Waals surface area (Å²) in [5.41, 5.74) is 3.75. The minimum atomic E-state index is 0.0468. The summed E-state index contributed by atoms with van der Waals surface area (Å²) in [5, 5.41) is 4.44. The fourth-order valence-electron chi connectivity index (χ4n) is 2.84. The smallest absolute Gasteiger partial charge is 0.229 e. The number of nitrogens with zero attached hydrogens (tertiary/aromatic N) is 4. The predicted octanol–water partition coefficient (Wildman–Crippen LogP) is 4.28. The summed E-state index contributed by atoms with van der Waals surface area (Å²) in [7, 11) is 0. The van der Waals surface area contributed by atoms with Gasteiger partial charge in [-0.1, -0.05) is 22.0 Å². The van der Waals surface area contributed by atoms with Crippen molar-refractivity contribution in [3.05, 3.63) is 76.3 Å². The fourth-order valence-corrected chi connectivity index (χ4v) is 3.10. The van der Waals surface area contributed by atoms with Crippen LogP contribution in [0.2, 0.25) is 0 Å². The van der Waals surface area contributed by atoms with E-state index in [4.69, 9.17) is 0 Å². The largest absolute Gasteiger partial charge is 0.306 e. The maximum absolute atomic E-state index is 13.0. The molecule has 2 aromatic heterocycles. The molecule has 0 aliphatic heterocycles. The van der Waals surface area contributed by atoms with Crippen molar-refractivity contribution in [1.29, 1.82) is 0 Å². The second-order valence-corrected chi connectivity index (χ2v) is 7.09. The van der Waals surface area contributed by atoms with Crippen LogP contribution < -0.4 is 4.90 Å². The molecule has 0 N–H and O–H groups in total. The van der Waals surface area contributed by atoms with Gasteiger partial charge in [-0.3, -0.25) is 14.5 Å². The minimum Gasteiger partial charge on any atom is -0.306 e. The first-order valence-electron chi connectivity index (χ1n) is 8.50. The highest BCUT2D eigenvalue weighted by molar-refractivity contribution is 9.10. The zero-order valence-electron chi connectivity index (χ0n) is 14.9. The van der Waals surface area contributed by atoms with Crippen LogP contribution in [0.1, 0.15) is 23.5 Å². The molecule has 134 valence electrons. The van der Waals surface area contributed by atoms with Crippen LogP contribution in [0.3, 0.4) is 0 Å².